The molecule has 0 saturated carbocycles. The molecule has 0 amide bonds. The molecule has 118 valence electrons. The summed E-state index contributed by atoms with van der Waals surface area (Å²) in [7, 11) is 0. The van der Waals surface area contributed by atoms with Crippen molar-refractivity contribution in [3.05, 3.63) is 0 Å². The van der Waals surface area contributed by atoms with Gasteiger partial charge >= 0.3 is 0 Å². The van der Waals surface area contributed by atoms with Gasteiger partial charge in [0.2, 0.25) is 0 Å². The summed E-state index contributed by atoms with van der Waals surface area (Å²) in [5.74, 6) is 2.03. The van der Waals surface area contributed by atoms with Gasteiger partial charge in [0, 0.05) is 49.7 Å². The molecule has 0 radical (unpaired) electrons. The monoisotopic (exact) mass is 362 g/mol. The Kier molecular flexibility index (Phi) is 12.9. The summed E-state index contributed by atoms with van der Waals surface area (Å²) in [5, 5.41) is 12.7. The van der Waals surface area contributed by atoms with Crippen molar-refractivity contribution in [2.75, 3.05) is 49.7 Å². The zero-order valence-corrected chi connectivity index (χ0v) is 15.0. The SMILES string of the molecule is CC(=N\N(CCCl)CCCl)/C(C)=N/N(CCCl)CCCl. The van der Waals surface area contributed by atoms with Crippen LogP contribution in [0.25, 0.3) is 0 Å². The number of hydrazone groups is 2. The first kappa shape index (κ1) is 20.1. The molecule has 0 bridgehead atoms. The predicted molar refractivity (Wildman–Crippen MR) is 92.2 cm³/mol. The number of halogens is 4. The summed E-state index contributed by atoms with van der Waals surface area (Å²) in [4.78, 5) is 0. The molecule has 0 aliphatic carbocycles. The van der Waals surface area contributed by atoms with E-state index in [4.69, 9.17) is 46.4 Å². The van der Waals surface area contributed by atoms with E-state index in [-0.39, 0.29) is 0 Å². The Morgan fingerprint density at radius 1 is 0.650 bits per heavy atom. The minimum Gasteiger partial charge on any atom is -0.294 e. The summed E-state index contributed by atoms with van der Waals surface area (Å²) in [6.07, 6.45) is 0. The lowest BCUT2D eigenvalue weighted by molar-refractivity contribution is 0.322. The van der Waals surface area contributed by atoms with Crippen molar-refractivity contribution in [1.82, 2.24) is 10.0 Å². The van der Waals surface area contributed by atoms with Crippen LogP contribution < -0.4 is 0 Å². The van der Waals surface area contributed by atoms with E-state index in [9.17, 15) is 0 Å². The summed E-state index contributed by atoms with van der Waals surface area (Å²) in [6.45, 7) is 6.46. The van der Waals surface area contributed by atoms with Crippen LogP contribution in [0.5, 0.6) is 0 Å². The summed E-state index contributed by atoms with van der Waals surface area (Å²) >= 11 is 23.0. The molecule has 0 aromatic carbocycles. The van der Waals surface area contributed by atoms with Crippen molar-refractivity contribution in [1.29, 1.82) is 0 Å². The summed E-state index contributed by atoms with van der Waals surface area (Å²) < 4.78 is 0. The highest BCUT2D eigenvalue weighted by atomic mass is 35.5. The zero-order valence-electron chi connectivity index (χ0n) is 12.0. The van der Waals surface area contributed by atoms with E-state index in [0.29, 0.717) is 49.7 Å². The molecule has 0 N–H and O–H groups in total. The highest BCUT2D eigenvalue weighted by Crippen LogP contribution is 1.99. The topological polar surface area (TPSA) is 31.2 Å². The molecule has 0 aromatic heterocycles. The third-order valence-electron chi connectivity index (χ3n) is 2.48. The van der Waals surface area contributed by atoms with Crippen LogP contribution in [-0.4, -0.2) is 71.1 Å². The Bertz CT molecular complexity index is 268. The van der Waals surface area contributed by atoms with E-state index >= 15 is 0 Å². The molecule has 8 heteroatoms. The van der Waals surface area contributed by atoms with Crippen molar-refractivity contribution in [3.8, 4) is 0 Å². The van der Waals surface area contributed by atoms with E-state index in [0.717, 1.165) is 11.4 Å². The van der Waals surface area contributed by atoms with Crippen LogP contribution in [0.4, 0.5) is 0 Å². The van der Waals surface area contributed by atoms with Crippen molar-refractivity contribution in [3.63, 3.8) is 0 Å². The molecule has 0 aliphatic rings. The van der Waals surface area contributed by atoms with Crippen LogP contribution in [0.2, 0.25) is 0 Å². The van der Waals surface area contributed by atoms with E-state index in [2.05, 4.69) is 10.2 Å². The van der Waals surface area contributed by atoms with Gasteiger partial charge in [-0.15, -0.1) is 46.4 Å². The van der Waals surface area contributed by atoms with Gasteiger partial charge in [-0.25, -0.2) is 0 Å². The first-order valence-corrected chi connectivity index (χ1v) is 8.57. The van der Waals surface area contributed by atoms with Crippen molar-refractivity contribution in [2.45, 2.75) is 13.8 Å². The van der Waals surface area contributed by atoms with E-state index in [1.807, 2.05) is 23.9 Å². The van der Waals surface area contributed by atoms with E-state index < -0.39 is 0 Å². The molecule has 0 saturated heterocycles. The van der Waals surface area contributed by atoms with E-state index in [1.165, 1.54) is 0 Å². The maximum Gasteiger partial charge on any atom is 0.0803 e. The maximum atomic E-state index is 5.74. The fourth-order valence-electron chi connectivity index (χ4n) is 1.38. The smallest absolute Gasteiger partial charge is 0.0803 e. The molecule has 0 fully saturated rings. The van der Waals surface area contributed by atoms with Gasteiger partial charge in [0.05, 0.1) is 11.4 Å². The second-order valence-corrected chi connectivity index (χ2v) is 5.55. The number of hydrogen-bond acceptors (Lipinski definition) is 4. The lowest BCUT2D eigenvalue weighted by Crippen LogP contribution is -2.28. The van der Waals surface area contributed by atoms with Gasteiger partial charge in [0.25, 0.3) is 0 Å². The molecule has 0 spiro atoms. The van der Waals surface area contributed by atoms with Crippen LogP contribution in [0.3, 0.4) is 0 Å². The molecule has 0 heterocycles. The Labute approximate surface area is 141 Å². The zero-order chi connectivity index (χ0) is 15.4. The van der Waals surface area contributed by atoms with Crippen LogP contribution >= 0.6 is 46.4 Å². The second-order valence-electron chi connectivity index (χ2n) is 4.03. The molecule has 20 heavy (non-hydrogen) atoms. The number of hydrogen-bond donors (Lipinski definition) is 0. The van der Waals surface area contributed by atoms with Gasteiger partial charge < -0.3 is 0 Å². The van der Waals surface area contributed by atoms with E-state index in [1.54, 1.807) is 0 Å². The minimum absolute atomic E-state index is 0.508. The Hall–Kier alpha value is 0.1000. The average Bonchev–Trinajstić information content (AvgIpc) is 2.39. The quantitative estimate of drug-likeness (QED) is 0.320. The van der Waals surface area contributed by atoms with Crippen LogP contribution in [0.1, 0.15) is 13.8 Å². The van der Waals surface area contributed by atoms with Crippen molar-refractivity contribution >= 4 is 57.8 Å². The first-order chi connectivity index (χ1) is 9.58. The molecule has 0 aliphatic heterocycles. The Morgan fingerprint density at radius 2 is 0.900 bits per heavy atom. The lowest BCUT2D eigenvalue weighted by Gasteiger charge is -2.20. The lowest BCUT2D eigenvalue weighted by atomic mass is 10.3. The fourth-order valence-corrected chi connectivity index (χ4v) is 2.16. The number of rotatable bonds is 11. The molecule has 0 unspecified atom stereocenters. The summed E-state index contributed by atoms with van der Waals surface area (Å²) in [5.41, 5.74) is 1.66. The first-order valence-electron chi connectivity index (χ1n) is 6.43. The fraction of sp³-hybridized carbons (Fsp3) is 0.833. The third-order valence-corrected chi connectivity index (χ3v) is 3.15. The number of alkyl halides is 4. The van der Waals surface area contributed by atoms with Gasteiger partial charge in [-0.05, 0) is 13.8 Å². The molecular formula is C12H22Cl4N4. The minimum atomic E-state index is 0.508. The average molecular weight is 364 g/mol. The predicted octanol–water partition coefficient (Wildman–Crippen LogP) is 3.30. The molecule has 0 rings (SSSR count). The molecule has 0 aromatic rings. The van der Waals surface area contributed by atoms with Gasteiger partial charge in [0.15, 0.2) is 0 Å². The highest BCUT2D eigenvalue weighted by molar-refractivity contribution is 6.40. The second kappa shape index (κ2) is 12.8. The van der Waals surface area contributed by atoms with Crippen molar-refractivity contribution < 1.29 is 0 Å². The highest BCUT2D eigenvalue weighted by Gasteiger charge is 2.06. The van der Waals surface area contributed by atoms with Crippen LogP contribution in [0.15, 0.2) is 10.2 Å². The Morgan fingerprint density at radius 3 is 1.10 bits per heavy atom. The van der Waals surface area contributed by atoms with Gasteiger partial charge in [-0.1, -0.05) is 0 Å². The van der Waals surface area contributed by atoms with Crippen LogP contribution in [0, 0.1) is 0 Å². The molecular weight excluding hydrogens is 342 g/mol. The largest absolute Gasteiger partial charge is 0.294 e. The third kappa shape index (κ3) is 9.11. The molecule has 0 atom stereocenters. The standard InChI is InChI=1S/C12H22Cl4N4/c1-11(17-19(7-3-13)8-4-14)12(2)18-20(9-5-15)10-6-16/h3-10H2,1-2H3/b17-11+,18-12+. The van der Waals surface area contributed by atoms with Crippen molar-refractivity contribution in [2.24, 2.45) is 10.2 Å². The molecule has 4 nitrogen and oxygen atoms in total. The summed E-state index contributed by atoms with van der Waals surface area (Å²) in [6, 6.07) is 0. The van der Waals surface area contributed by atoms with Gasteiger partial charge in [-0.3, -0.25) is 10.0 Å². The van der Waals surface area contributed by atoms with Gasteiger partial charge in [0.1, 0.15) is 0 Å². The normalized spacial score (nSPS) is 12.7. The van der Waals surface area contributed by atoms with Crippen LogP contribution in [-0.2, 0) is 0 Å². The maximum absolute atomic E-state index is 5.74. The number of nitrogens with zero attached hydrogens (tertiary/aromatic N) is 4. The Balaban J connectivity index is 4.79. The van der Waals surface area contributed by atoms with Gasteiger partial charge in [-0.2, -0.15) is 10.2 Å².